The van der Waals surface area contributed by atoms with Gasteiger partial charge in [-0.05, 0) is 24.0 Å². The normalized spacial score (nSPS) is 16.1. The predicted octanol–water partition coefficient (Wildman–Crippen LogP) is 3.05. The second kappa shape index (κ2) is 5.90. The van der Waals surface area contributed by atoms with E-state index in [2.05, 4.69) is 51.8 Å². The third-order valence-electron chi connectivity index (χ3n) is 3.71. The van der Waals surface area contributed by atoms with Gasteiger partial charge in [-0.3, -0.25) is 0 Å². The van der Waals surface area contributed by atoms with E-state index in [-0.39, 0.29) is 0 Å². The van der Waals surface area contributed by atoms with Gasteiger partial charge < -0.3 is 10.6 Å². The number of anilines is 2. The number of rotatable bonds is 6. The largest absolute Gasteiger partial charge is 0.370 e. The second-order valence-electron chi connectivity index (χ2n) is 5.20. The smallest absolute Gasteiger partial charge is 0.131 e. The zero-order valence-corrected chi connectivity index (χ0v) is 11.8. The van der Waals surface area contributed by atoms with Crippen molar-refractivity contribution in [3.63, 3.8) is 0 Å². The third kappa shape index (κ3) is 2.74. The van der Waals surface area contributed by atoms with E-state index in [0.29, 0.717) is 5.92 Å². The van der Waals surface area contributed by atoms with E-state index in [1.54, 1.807) is 6.33 Å². The van der Waals surface area contributed by atoms with Crippen LogP contribution < -0.4 is 10.6 Å². The highest BCUT2D eigenvalue weighted by Crippen LogP contribution is 2.34. The molecule has 20 heavy (non-hydrogen) atoms. The molecular formula is C16H20N4. The molecule has 1 aliphatic rings. The van der Waals surface area contributed by atoms with Crippen LogP contribution in [0.25, 0.3) is 0 Å². The molecule has 1 atom stereocenters. The number of nitrogens with zero attached hydrogens (tertiary/aromatic N) is 2. The van der Waals surface area contributed by atoms with Crippen molar-refractivity contribution in [2.24, 2.45) is 0 Å². The van der Waals surface area contributed by atoms with E-state index < -0.39 is 0 Å². The topological polar surface area (TPSA) is 49.8 Å². The van der Waals surface area contributed by atoms with Gasteiger partial charge in [0.1, 0.15) is 18.0 Å². The van der Waals surface area contributed by atoms with Gasteiger partial charge in [0.25, 0.3) is 0 Å². The molecule has 2 aromatic rings. The molecule has 4 nitrogen and oxygen atoms in total. The Bertz CT molecular complexity index is 582. The molecule has 0 aliphatic heterocycles. The lowest BCUT2D eigenvalue weighted by atomic mass is 9.78. The maximum Gasteiger partial charge on any atom is 0.131 e. The summed E-state index contributed by atoms with van der Waals surface area (Å²) in [6.07, 6.45) is 3.86. The van der Waals surface area contributed by atoms with E-state index in [4.69, 9.17) is 0 Å². The SMILES string of the molecule is CCCNc1cc(NCC2Cc3ccccc32)ncn1. The van der Waals surface area contributed by atoms with E-state index in [9.17, 15) is 0 Å². The van der Waals surface area contributed by atoms with Gasteiger partial charge in [-0.15, -0.1) is 0 Å². The summed E-state index contributed by atoms with van der Waals surface area (Å²) in [5, 5.41) is 6.69. The molecule has 0 fully saturated rings. The molecule has 0 amide bonds. The van der Waals surface area contributed by atoms with Crippen molar-refractivity contribution in [3.8, 4) is 0 Å². The van der Waals surface area contributed by atoms with Crippen LogP contribution in [0, 0.1) is 0 Å². The van der Waals surface area contributed by atoms with Crippen molar-refractivity contribution in [2.45, 2.75) is 25.7 Å². The molecule has 0 bridgehead atoms. The lowest BCUT2D eigenvalue weighted by Crippen LogP contribution is -2.24. The van der Waals surface area contributed by atoms with Crippen molar-refractivity contribution in [3.05, 3.63) is 47.8 Å². The Morgan fingerprint density at radius 3 is 2.75 bits per heavy atom. The summed E-state index contributed by atoms with van der Waals surface area (Å²) in [6.45, 7) is 4.01. The predicted molar refractivity (Wildman–Crippen MR) is 82.2 cm³/mol. The summed E-state index contributed by atoms with van der Waals surface area (Å²) in [4.78, 5) is 8.48. The molecular weight excluding hydrogens is 248 g/mol. The van der Waals surface area contributed by atoms with Crippen LogP contribution in [0.1, 0.15) is 30.4 Å². The molecule has 4 heteroatoms. The van der Waals surface area contributed by atoms with Gasteiger partial charge in [-0.1, -0.05) is 31.2 Å². The summed E-state index contributed by atoms with van der Waals surface area (Å²) in [5.74, 6) is 2.38. The van der Waals surface area contributed by atoms with E-state index >= 15 is 0 Å². The van der Waals surface area contributed by atoms with Crippen LogP contribution in [0.4, 0.5) is 11.6 Å². The zero-order valence-electron chi connectivity index (χ0n) is 11.8. The van der Waals surface area contributed by atoms with Gasteiger partial charge in [0.15, 0.2) is 0 Å². The molecule has 1 aromatic carbocycles. The van der Waals surface area contributed by atoms with Crippen molar-refractivity contribution in [2.75, 3.05) is 23.7 Å². The van der Waals surface area contributed by atoms with Crippen LogP contribution in [-0.2, 0) is 6.42 Å². The van der Waals surface area contributed by atoms with Gasteiger partial charge in [0, 0.05) is 25.1 Å². The number of nitrogens with one attached hydrogen (secondary N) is 2. The summed E-state index contributed by atoms with van der Waals surface area (Å²) in [6, 6.07) is 10.6. The molecule has 0 saturated carbocycles. The quantitative estimate of drug-likeness (QED) is 0.845. The standard InChI is InChI=1S/C16H20N4/c1-2-7-17-15-9-16(20-11-19-15)18-10-13-8-12-5-3-4-6-14(12)13/h3-6,9,11,13H,2,7-8,10H2,1H3,(H2,17,18,19,20). The monoisotopic (exact) mass is 268 g/mol. The highest BCUT2D eigenvalue weighted by molar-refractivity contribution is 5.48. The number of fused-ring (bicyclic) bond motifs is 1. The summed E-state index contributed by atoms with van der Waals surface area (Å²) in [5.41, 5.74) is 2.95. The Morgan fingerprint density at radius 2 is 1.95 bits per heavy atom. The molecule has 2 N–H and O–H groups in total. The molecule has 1 unspecified atom stereocenters. The minimum atomic E-state index is 0.605. The number of hydrogen-bond acceptors (Lipinski definition) is 4. The van der Waals surface area contributed by atoms with E-state index in [1.165, 1.54) is 11.1 Å². The summed E-state index contributed by atoms with van der Waals surface area (Å²) < 4.78 is 0. The molecule has 1 aliphatic carbocycles. The lowest BCUT2D eigenvalue weighted by Gasteiger charge is -2.30. The third-order valence-corrected chi connectivity index (χ3v) is 3.71. The molecule has 0 radical (unpaired) electrons. The summed E-state index contributed by atoms with van der Waals surface area (Å²) in [7, 11) is 0. The molecule has 3 rings (SSSR count). The average molecular weight is 268 g/mol. The maximum absolute atomic E-state index is 4.27. The number of benzene rings is 1. The molecule has 0 spiro atoms. The molecule has 1 heterocycles. The Kier molecular flexibility index (Phi) is 3.81. The Hall–Kier alpha value is -2.10. The minimum Gasteiger partial charge on any atom is -0.370 e. The average Bonchev–Trinajstić information content (AvgIpc) is 2.46. The van der Waals surface area contributed by atoms with Crippen molar-refractivity contribution in [1.29, 1.82) is 0 Å². The summed E-state index contributed by atoms with van der Waals surface area (Å²) >= 11 is 0. The fourth-order valence-corrected chi connectivity index (χ4v) is 2.58. The highest BCUT2D eigenvalue weighted by atomic mass is 15.1. The van der Waals surface area contributed by atoms with Crippen LogP contribution in [0.15, 0.2) is 36.7 Å². The van der Waals surface area contributed by atoms with Gasteiger partial charge in [0.05, 0.1) is 0 Å². The van der Waals surface area contributed by atoms with Gasteiger partial charge in [0.2, 0.25) is 0 Å². The van der Waals surface area contributed by atoms with Crippen LogP contribution in [-0.4, -0.2) is 23.1 Å². The molecule has 1 aromatic heterocycles. The van der Waals surface area contributed by atoms with E-state index in [1.807, 2.05) is 6.07 Å². The second-order valence-corrected chi connectivity index (χ2v) is 5.20. The molecule has 104 valence electrons. The van der Waals surface area contributed by atoms with Crippen molar-refractivity contribution >= 4 is 11.6 Å². The molecule has 0 saturated heterocycles. The number of aromatic nitrogens is 2. The Morgan fingerprint density at radius 1 is 1.15 bits per heavy atom. The zero-order chi connectivity index (χ0) is 13.8. The van der Waals surface area contributed by atoms with Crippen LogP contribution in [0.3, 0.4) is 0 Å². The highest BCUT2D eigenvalue weighted by Gasteiger charge is 2.24. The first-order valence-electron chi connectivity index (χ1n) is 7.24. The van der Waals surface area contributed by atoms with Crippen LogP contribution in [0.2, 0.25) is 0 Å². The van der Waals surface area contributed by atoms with Gasteiger partial charge >= 0.3 is 0 Å². The first-order chi connectivity index (χ1) is 9.86. The van der Waals surface area contributed by atoms with Crippen LogP contribution >= 0.6 is 0 Å². The van der Waals surface area contributed by atoms with Gasteiger partial charge in [-0.2, -0.15) is 0 Å². The fraction of sp³-hybridized carbons (Fsp3) is 0.375. The number of hydrogen-bond donors (Lipinski definition) is 2. The lowest BCUT2D eigenvalue weighted by molar-refractivity contribution is 0.634. The minimum absolute atomic E-state index is 0.605. The Labute approximate surface area is 119 Å². The maximum atomic E-state index is 4.27. The first kappa shape index (κ1) is 12.9. The first-order valence-corrected chi connectivity index (χ1v) is 7.24. The van der Waals surface area contributed by atoms with Crippen molar-refractivity contribution in [1.82, 2.24) is 9.97 Å². The van der Waals surface area contributed by atoms with E-state index in [0.717, 1.165) is 37.6 Å². The Balaban J connectivity index is 1.57. The fourth-order valence-electron chi connectivity index (χ4n) is 2.58. The van der Waals surface area contributed by atoms with Crippen molar-refractivity contribution < 1.29 is 0 Å². The van der Waals surface area contributed by atoms with Crippen LogP contribution in [0.5, 0.6) is 0 Å². The van der Waals surface area contributed by atoms with Gasteiger partial charge in [-0.25, -0.2) is 9.97 Å².